The Kier molecular flexibility index (Phi) is 5.45. The topological polar surface area (TPSA) is 68.2 Å². The number of guanidine groups is 1. The molecule has 0 saturated carbocycles. The smallest absolute Gasteiger partial charge is 0.329 e. The molecular weight excluding hydrogens is 409 g/mol. The second kappa shape index (κ2) is 8.07. The zero-order chi connectivity index (χ0) is 22.3. The quantitative estimate of drug-likeness (QED) is 0.718. The van der Waals surface area contributed by atoms with Gasteiger partial charge in [-0.25, -0.2) is 23.0 Å². The molecule has 0 aliphatic carbocycles. The van der Waals surface area contributed by atoms with Gasteiger partial charge < -0.3 is 5.11 Å². The van der Waals surface area contributed by atoms with Gasteiger partial charge in [0.2, 0.25) is 5.96 Å². The molecule has 4 rings (SSSR count). The van der Waals surface area contributed by atoms with Crippen LogP contribution in [0.15, 0.2) is 47.2 Å². The molecule has 2 aromatic rings. The Labute approximate surface area is 177 Å². The van der Waals surface area contributed by atoms with Crippen LogP contribution in [0.25, 0.3) is 0 Å². The number of aliphatic hydroxyl groups is 1. The van der Waals surface area contributed by atoms with Crippen molar-refractivity contribution in [1.29, 1.82) is 0 Å². The second-order valence-corrected chi connectivity index (χ2v) is 7.38. The number of rotatable bonds is 4. The van der Waals surface area contributed by atoms with Gasteiger partial charge in [0.25, 0.3) is 0 Å². The summed E-state index contributed by atoms with van der Waals surface area (Å²) in [6, 6.07) is 6.29. The Hall–Kier alpha value is -3.33. The first kappa shape index (κ1) is 20.9. The Balaban J connectivity index is 1.82. The summed E-state index contributed by atoms with van der Waals surface area (Å²) in [5.74, 6) is -3.39. The van der Waals surface area contributed by atoms with E-state index >= 15 is 0 Å². The molecule has 31 heavy (non-hydrogen) atoms. The summed E-state index contributed by atoms with van der Waals surface area (Å²) in [4.78, 5) is 20.1. The van der Waals surface area contributed by atoms with Crippen LogP contribution < -0.4 is 5.32 Å². The van der Waals surface area contributed by atoms with Crippen LogP contribution >= 0.6 is 0 Å². The van der Waals surface area contributed by atoms with Gasteiger partial charge in [0.15, 0.2) is 17.5 Å². The number of hydrogen-bond donors (Lipinski definition) is 2. The molecule has 6 nitrogen and oxygen atoms in total. The summed E-state index contributed by atoms with van der Waals surface area (Å²) in [6.07, 6.45) is 2.78. The highest BCUT2D eigenvalue weighted by Gasteiger charge is 2.40. The summed E-state index contributed by atoms with van der Waals surface area (Å²) in [6.45, 7) is 1.79. The number of nitrogens with zero attached hydrogens (tertiary/aromatic N) is 3. The average Bonchev–Trinajstić information content (AvgIpc) is 3.21. The molecule has 0 spiro atoms. The van der Waals surface area contributed by atoms with Gasteiger partial charge in [0.1, 0.15) is 5.82 Å². The van der Waals surface area contributed by atoms with E-state index in [-0.39, 0.29) is 18.1 Å². The molecule has 2 aromatic carbocycles. The number of hydrogen-bond acceptors (Lipinski definition) is 3. The summed E-state index contributed by atoms with van der Waals surface area (Å²) in [5, 5.41) is 12.2. The first-order valence-electron chi connectivity index (χ1n) is 9.84. The SMILES string of the molecule is CCc1ccc(CO)cc1N=C1NC(=O)N(C)C2=CCC(c3cc(F)c(F)c(F)c3)N21. The lowest BCUT2D eigenvalue weighted by Crippen LogP contribution is -2.56. The molecule has 0 radical (unpaired) electrons. The minimum atomic E-state index is -1.53. The van der Waals surface area contributed by atoms with Crippen molar-refractivity contribution in [3.05, 3.63) is 76.4 Å². The number of aliphatic hydroxyl groups excluding tert-OH is 1. The van der Waals surface area contributed by atoms with E-state index in [0.717, 1.165) is 17.7 Å². The van der Waals surface area contributed by atoms with Crippen molar-refractivity contribution in [3.8, 4) is 0 Å². The molecule has 1 fully saturated rings. The minimum absolute atomic E-state index is 0.164. The van der Waals surface area contributed by atoms with Gasteiger partial charge in [-0.1, -0.05) is 19.1 Å². The van der Waals surface area contributed by atoms with Gasteiger partial charge in [-0.2, -0.15) is 0 Å². The van der Waals surface area contributed by atoms with Crippen molar-refractivity contribution in [2.75, 3.05) is 7.05 Å². The van der Waals surface area contributed by atoms with E-state index < -0.39 is 29.5 Å². The number of aryl methyl sites for hydroxylation is 1. The van der Waals surface area contributed by atoms with Gasteiger partial charge >= 0.3 is 6.03 Å². The van der Waals surface area contributed by atoms with Crippen LogP contribution in [0.2, 0.25) is 0 Å². The van der Waals surface area contributed by atoms with Crippen molar-refractivity contribution in [1.82, 2.24) is 15.1 Å². The Bertz CT molecular complexity index is 1090. The molecule has 2 heterocycles. The number of benzene rings is 2. The fourth-order valence-corrected chi connectivity index (χ4v) is 3.84. The van der Waals surface area contributed by atoms with Crippen molar-refractivity contribution >= 4 is 17.7 Å². The van der Waals surface area contributed by atoms with Crippen LogP contribution in [0.1, 0.15) is 36.1 Å². The van der Waals surface area contributed by atoms with Crippen molar-refractivity contribution < 1.29 is 23.1 Å². The number of urea groups is 1. The molecule has 2 aliphatic rings. The predicted molar refractivity (Wildman–Crippen MR) is 109 cm³/mol. The van der Waals surface area contributed by atoms with Crippen LogP contribution in [-0.2, 0) is 13.0 Å². The van der Waals surface area contributed by atoms with Gasteiger partial charge in [-0.05, 0) is 53.8 Å². The lowest BCUT2D eigenvalue weighted by molar-refractivity contribution is 0.199. The van der Waals surface area contributed by atoms with E-state index in [1.165, 1.54) is 4.90 Å². The molecule has 1 unspecified atom stereocenters. The van der Waals surface area contributed by atoms with Gasteiger partial charge in [-0.3, -0.25) is 15.1 Å². The second-order valence-electron chi connectivity index (χ2n) is 7.38. The van der Waals surface area contributed by atoms with E-state index in [1.807, 2.05) is 13.0 Å². The molecular formula is C22H21F3N4O2. The summed E-state index contributed by atoms with van der Waals surface area (Å²) >= 11 is 0. The van der Waals surface area contributed by atoms with Crippen molar-refractivity contribution in [2.45, 2.75) is 32.4 Å². The number of aliphatic imine (C=N–C) groups is 1. The number of carbonyl (C=O) groups excluding carboxylic acids is 1. The zero-order valence-corrected chi connectivity index (χ0v) is 17.0. The molecule has 0 aromatic heterocycles. The lowest BCUT2D eigenvalue weighted by atomic mass is 10.0. The number of carbonyl (C=O) groups is 1. The highest BCUT2D eigenvalue weighted by atomic mass is 19.2. The maximum Gasteiger partial charge on any atom is 0.329 e. The predicted octanol–water partition coefficient (Wildman–Crippen LogP) is 4.09. The van der Waals surface area contributed by atoms with Crippen LogP contribution in [-0.4, -0.2) is 33.9 Å². The van der Waals surface area contributed by atoms with E-state index in [0.29, 0.717) is 29.9 Å². The zero-order valence-electron chi connectivity index (χ0n) is 17.0. The molecule has 0 bridgehead atoms. The highest BCUT2D eigenvalue weighted by molar-refractivity contribution is 6.02. The van der Waals surface area contributed by atoms with E-state index in [9.17, 15) is 23.1 Å². The van der Waals surface area contributed by atoms with Crippen LogP contribution in [0.3, 0.4) is 0 Å². The largest absolute Gasteiger partial charge is 0.392 e. The third kappa shape index (κ3) is 3.65. The first-order chi connectivity index (χ1) is 14.8. The molecule has 2 aliphatic heterocycles. The third-order valence-electron chi connectivity index (χ3n) is 5.51. The molecule has 9 heteroatoms. The highest BCUT2D eigenvalue weighted by Crippen LogP contribution is 2.39. The number of halogens is 3. The van der Waals surface area contributed by atoms with E-state index in [2.05, 4.69) is 10.3 Å². The maximum atomic E-state index is 13.9. The molecule has 1 saturated heterocycles. The Morgan fingerprint density at radius 1 is 1.19 bits per heavy atom. The summed E-state index contributed by atoms with van der Waals surface area (Å²) in [7, 11) is 1.57. The fourth-order valence-electron chi connectivity index (χ4n) is 3.84. The molecule has 1 atom stereocenters. The number of fused-ring (bicyclic) bond motifs is 1. The summed E-state index contributed by atoms with van der Waals surface area (Å²) < 4.78 is 41.3. The van der Waals surface area contributed by atoms with Gasteiger partial charge in [-0.15, -0.1) is 0 Å². The van der Waals surface area contributed by atoms with Gasteiger partial charge in [0.05, 0.1) is 18.3 Å². The average molecular weight is 430 g/mol. The van der Waals surface area contributed by atoms with Crippen molar-refractivity contribution in [2.24, 2.45) is 4.99 Å². The summed E-state index contributed by atoms with van der Waals surface area (Å²) in [5.41, 5.74) is 2.35. The molecule has 2 amide bonds. The lowest BCUT2D eigenvalue weighted by Gasteiger charge is -2.38. The molecule has 2 N–H and O–H groups in total. The van der Waals surface area contributed by atoms with Crippen LogP contribution in [0.4, 0.5) is 23.7 Å². The Morgan fingerprint density at radius 2 is 1.90 bits per heavy atom. The van der Waals surface area contributed by atoms with Gasteiger partial charge in [0, 0.05) is 7.05 Å². The molecule has 162 valence electrons. The van der Waals surface area contributed by atoms with E-state index in [4.69, 9.17) is 0 Å². The fraction of sp³-hybridized carbons (Fsp3) is 0.273. The third-order valence-corrected chi connectivity index (χ3v) is 5.51. The standard InChI is InChI=1S/C22H21F3N4O2/c1-3-13-5-4-12(11-30)8-17(13)26-21-27-22(31)28(2)19-7-6-18(29(19)21)14-9-15(23)20(25)16(24)10-14/h4-5,7-10,18,30H,3,6,11H2,1-2H3,(H,26,27,31). The normalized spacial score (nSPS) is 19.5. The Morgan fingerprint density at radius 3 is 2.55 bits per heavy atom. The van der Waals surface area contributed by atoms with Crippen LogP contribution in [0.5, 0.6) is 0 Å². The monoisotopic (exact) mass is 430 g/mol. The number of amides is 2. The number of nitrogens with one attached hydrogen (secondary N) is 1. The first-order valence-corrected chi connectivity index (χ1v) is 9.84. The minimum Gasteiger partial charge on any atom is -0.392 e. The maximum absolute atomic E-state index is 13.9. The van der Waals surface area contributed by atoms with E-state index in [1.54, 1.807) is 30.2 Å². The van der Waals surface area contributed by atoms with Crippen LogP contribution in [0, 0.1) is 17.5 Å². The van der Waals surface area contributed by atoms with Crippen molar-refractivity contribution in [3.63, 3.8) is 0 Å².